The minimum atomic E-state index is 0.214. The molecule has 1 aromatic carbocycles. The molecule has 1 unspecified atom stereocenters. The highest BCUT2D eigenvalue weighted by Gasteiger charge is 2.20. The number of rotatable bonds is 6. The molecule has 1 heterocycles. The largest absolute Gasteiger partial charge is 0.384 e. The summed E-state index contributed by atoms with van der Waals surface area (Å²) >= 11 is 3.44. The van der Waals surface area contributed by atoms with E-state index in [0.717, 1.165) is 36.3 Å². The number of ether oxygens (including phenoxy) is 1. The molecule has 0 amide bonds. The second-order valence-electron chi connectivity index (χ2n) is 5.42. The molecule has 0 N–H and O–H groups in total. The SMILES string of the molecule is COCC1CCCN(CCC(=O)c2ccccc2Br)C1. The molecule has 0 saturated carbocycles. The molecule has 0 aliphatic carbocycles. The molecule has 1 aliphatic heterocycles. The zero-order valence-corrected chi connectivity index (χ0v) is 13.6. The molecule has 4 heteroatoms. The second kappa shape index (κ2) is 7.91. The maximum absolute atomic E-state index is 12.2. The number of benzene rings is 1. The Kier molecular flexibility index (Phi) is 6.20. The van der Waals surface area contributed by atoms with Crippen molar-refractivity contribution < 1.29 is 9.53 Å². The molecular weight excluding hydrogens is 318 g/mol. The number of hydrogen-bond donors (Lipinski definition) is 0. The van der Waals surface area contributed by atoms with Crippen LogP contribution in [0, 0.1) is 5.92 Å². The molecule has 1 aromatic rings. The molecule has 1 atom stereocenters. The number of halogens is 1. The highest BCUT2D eigenvalue weighted by atomic mass is 79.9. The number of nitrogens with zero attached hydrogens (tertiary/aromatic N) is 1. The van der Waals surface area contributed by atoms with Crippen LogP contribution in [0.25, 0.3) is 0 Å². The molecule has 0 spiro atoms. The number of hydrogen-bond acceptors (Lipinski definition) is 3. The fourth-order valence-corrected chi connectivity index (χ4v) is 3.31. The third-order valence-electron chi connectivity index (χ3n) is 3.83. The Morgan fingerprint density at radius 1 is 1.45 bits per heavy atom. The summed E-state index contributed by atoms with van der Waals surface area (Å²) in [6.07, 6.45) is 3.03. The summed E-state index contributed by atoms with van der Waals surface area (Å²) in [6.45, 7) is 3.83. The van der Waals surface area contributed by atoms with Crippen molar-refractivity contribution in [3.8, 4) is 0 Å². The first kappa shape index (κ1) is 15.7. The van der Waals surface area contributed by atoms with Crippen LogP contribution in [-0.2, 0) is 4.74 Å². The van der Waals surface area contributed by atoms with Gasteiger partial charge in [0.15, 0.2) is 5.78 Å². The normalized spacial score (nSPS) is 20.0. The van der Waals surface area contributed by atoms with Crippen LogP contribution in [0.1, 0.15) is 29.6 Å². The van der Waals surface area contributed by atoms with Crippen molar-refractivity contribution in [2.75, 3.05) is 33.4 Å². The first-order valence-electron chi connectivity index (χ1n) is 7.19. The molecule has 1 aliphatic rings. The van der Waals surface area contributed by atoms with Gasteiger partial charge in [0, 0.05) is 36.7 Å². The lowest BCUT2D eigenvalue weighted by atomic mass is 9.98. The smallest absolute Gasteiger partial charge is 0.165 e. The van der Waals surface area contributed by atoms with Gasteiger partial charge in [-0.1, -0.05) is 34.1 Å². The fourth-order valence-electron chi connectivity index (χ4n) is 2.81. The summed E-state index contributed by atoms with van der Waals surface area (Å²) in [4.78, 5) is 14.6. The van der Waals surface area contributed by atoms with E-state index in [1.165, 1.54) is 12.8 Å². The van der Waals surface area contributed by atoms with E-state index in [4.69, 9.17) is 4.74 Å². The highest BCUT2D eigenvalue weighted by Crippen LogP contribution is 2.20. The molecule has 1 saturated heterocycles. The number of Topliss-reactive ketones (excluding diaryl/α,β-unsaturated/α-hetero) is 1. The van der Waals surface area contributed by atoms with Crippen LogP contribution in [0.3, 0.4) is 0 Å². The number of carbonyl (C=O) groups excluding carboxylic acids is 1. The number of piperidine rings is 1. The van der Waals surface area contributed by atoms with Crippen molar-refractivity contribution in [1.82, 2.24) is 4.90 Å². The van der Waals surface area contributed by atoms with Gasteiger partial charge < -0.3 is 9.64 Å². The second-order valence-corrected chi connectivity index (χ2v) is 6.27. The lowest BCUT2D eigenvalue weighted by Crippen LogP contribution is -2.38. The number of likely N-dealkylation sites (tertiary alicyclic amines) is 1. The van der Waals surface area contributed by atoms with Crippen molar-refractivity contribution in [1.29, 1.82) is 0 Å². The first-order chi connectivity index (χ1) is 9.70. The average molecular weight is 340 g/mol. The monoisotopic (exact) mass is 339 g/mol. The lowest BCUT2D eigenvalue weighted by Gasteiger charge is -2.32. The molecular formula is C16H22BrNO2. The summed E-state index contributed by atoms with van der Waals surface area (Å²) in [5.41, 5.74) is 0.790. The van der Waals surface area contributed by atoms with Gasteiger partial charge in [-0.3, -0.25) is 4.79 Å². The molecule has 0 aromatic heterocycles. The predicted octanol–water partition coefficient (Wildman–Crippen LogP) is 3.38. The zero-order chi connectivity index (χ0) is 14.4. The Morgan fingerprint density at radius 3 is 3.00 bits per heavy atom. The molecule has 110 valence electrons. The third-order valence-corrected chi connectivity index (χ3v) is 4.53. The first-order valence-corrected chi connectivity index (χ1v) is 7.99. The van der Waals surface area contributed by atoms with E-state index < -0.39 is 0 Å². The maximum Gasteiger partial charge on any atom is 0.165 e. The maximum atomic E-state index is 12.2. The summed E-state index contributed by atoms with van der Waals surface area (Å²) in [6, 6.07) is 7.65. The van der Waals surface area contributed by atoms with Gasteiger partial charge in [-0.25, -0.2) is 0 Å². The van der Waals surface area contributed by atoms with Gasteiger partial charge in [-0.2, -0.15) is 0 Å². The molecule has 0 radical (unpaired) electrons. The molecule has 20 heavy (non-hydrogen) atoms. The topological polar surface area (TPSA) is 29.5 Å². The van der Waals surface area contributed by atoms with E-state index in [1.54, 1.807) is 7.11 Å². The van der Waals surface area contributed by atoms with Crippen molar-refractivity contribution in [2.45, 2.75) is 19.3 Å². The van der Waals surface area contributed by atoms with E-state index in [0.29, 0.717) is 12.3 Å². The van der Waals surface area contributed by atoms with E-state index in [-0.39, 0.29) is 5.78 Å². The van der Waals surface area contributed by atoms with Crippen LogP contribution in [0.5, 0.6) is 0 Å². The van der Waals surface area contributed by atoms with Crippen LogP contribution in [-0.4, -0.2) is 44.0 Å². The Labute approximate surface area is 129 Å². The van der Waals surface area contributed by atoms with Crippen molar-refractivity contribution in [2.24, 2.45) is 5.92 Å². The van der Waals surface area contributed by atoms with Crippen LogP contribution in [0.2, 0.25) is 0 Å². The molecule has 3 nitrogen and oxygen atoms in total. The van der Waals surface area contributed by atoms with Crippen molar-refractivity contribution >= 4 is 21.7 Å². The number of methoxy groups -OCH3 is 1. The quantitative estimate of drug-likeness (QED) is 0.744. The Bertz CT molecular complexity index is 448. The summed E-state index contributed by atoms with van der Waals surface area (Å²) < 4.78 is 6.13. The van der Waals surface area contributed by atoms with Crippen LogP contribution >= 0.6 is 15.9 Å². The minimum absolute atomic E-state index is 0.214. The summed E-state index contributed by atoms with van der Waals surface area (Å²) in [7, 11) is 1.76. The van der Waals surface area contributed by atoms with Gasteiger partial charge in [0.1, 0.15) is 0 Å². The predicted molar refractivity (Wildman–Crippen MR) is 84.1 cm³/mol. The standard InChI is InChI=1S/C16H22BrNO2/c1-20-12-13-5-4-9-18(11-13)10-8-16(19)14-6-2-3-7-15(14)17/h2-3,6-7,13H,4-5,8-12H2,1H3. The van der Waals surface area contributed by atoms with E-state index in [9.17, 15) is 4.79 Å². The van der Waals surface area contributed by atoms with E-state index in [2.05, 4.69) is 20.8 Å². The number of carbonyl (C=O) groups is 1. The van der Waals surface area contributed by atoms with Crippen LogP contribution in [0.4, 0.5) is 0 Å². The third kappa shape index (κ3) is 4.40. The van der Waals surface area contributed by atoms with Gasteiger partial charge in [-0.05, 0) is 31.4 Å². The zero-order valence-electron chi connectivity index (χ0n) is 12.0. The Hall–Kier alpha value is -0.710. The van der Waals surface area contributed by atoms with Gasteiger partial charge in [0.2, 0.25) is 0 Å². The van der Waals surface area contributed by atoms with Crippen molar-refractivity contribution in [3.05, 3.63) is 34.3 Å². The fraction of sp³-hybridized carbons (Fsp3) is 0.562. The van der Waals surface area contributed by atoms with Crippen LogP contribution in [0.15, 0.2) is 28.7 Å². The van der Waals surface area contributed by atoms with Gasteiger partial charge in [0.25, 0.3) is 0 Å². The average Bonchev–Trinajstić information content (AvgIpc) is 2.46. The molecule has 1 fully saturated rings. The highest BCUT2D eigenvalue weighted by molar-refractivity contribution is 9.10. The van der Waals surface area contributed by atoms with Gasteiger partial charge >= 0.3 is 0 Å². The molecule has 2 rings (SSSR count). The summed E-state index contributed by atoms with van der Waals surface area (Å²) in [5, 5.41) is 0. The van der Waals surface area contributed by atoms with E-state index >= 15 is 0 Å². The number of ketones is 1. The van der Waals surface area contributed by atoms with Crippen molar-refractivity contribution in [3.63, 3.8) is 0 Å². The molecule has 0 bridgehead atoms. The lowest BCUT2D eigenvalue weighted by molar-refractivity contribution is 0.0830. The Balaban J connectivity index is 1.83. The van der Waals surface area contributed by atoms with Crippen LogP contribution < -0.4 is 0 Å². The van der Waals surface area contributed by atoms with Gasteiger partial charge in [0.05, 0.1) is 6.61 Å². The Morgan fingerprint density at radius 2 is 2.25 bits per heavy atom. The summed E-state index contributed by atoms with van der Waals surface area (Å²) in [5.74, 6) is 0.832. The minimum Gasteiger partial charge on any atom is -0.384 e. The van der Waals surface area contributed by atoms with E-state index in [1.807, 2.05) is 24.3 Å². The van der Waals surface area contributed by atoms with Gasteiger partial charge in [-0.15, -0.1) is 0 Å².